The van der Waals surface area contributed by atoms with Crippen LogP contribution in [0.25, 0.3) is 22.3 Å². The van der Waals surface area contributed by atoms with Crippen molar-refractivity contribution in [2.24, 2.45) is 0 Å². The van der Waals surface area contributed by atoms with Gasteiger partial charge in [-0.15, -0.1) is 0 Å². The Morgan fingerprint density at radius 1 is 1.03 bits per heavy atom. The van der Waals surface area contributed by atoms with Crippen LogP contribution >= 0.6 is 23.2 Å². The molecule has 0 spiro atoms. The highest BCUT2D eigenvalue weighted by atomic mass is 35.5. The molecule has 0 saturated carbocycles. The summed E-state index contributed by atoms with van der Waals surface area (Å²) < 4.78 is 16.8. The molecule has 0 radical (unpaired) electrons. The Kier molecular flexibility index (Phi) is 7.62. The third-order valence-electron chi connectivity index (χ3n) is 5.28. The minimum atomic E-state index is -0.588. The van der Waals surface area contributed by atoms with Crippen molar-refractivity contribution in [3.63, 3.8) is 0 Å². The number of benzene rings is 3. The van der Waals surface area contributed by atoms with Gasteiger partial charge in [0, 0.05) is 15.6 Å². The van der Waals surface area contributed by atoms with Gasteiger partial charge in [0.1, 0.15) is 5.58 Å². The number of amides is 1. The number of para-hydroxylation sites is 1. The van der Waals surface area contributed by atoms with Gasteiger partial charge >= 0.3 is 5.97 Å². The number of nitrogens with one attached hydrogen (secondary N) is 1. The first-order chi connectivity index (χ1) is 17.3. The normalized spacial score (nSPS) is 10.8. The summed E-state index contributed by atoms with van der Waals surface area (Å²) in [6.07, 6.45) is 0. The molecule has 1 amide bonds. The molecule has 0 fully saturated rings. The van der Waals surface area contributed by atoms with E-state index in [-0.39, 0.29) is 34.8 Å². The molecule has 9 heteroatoms. The monoisotopic (exact) mass is 525 g/mol. The van der Waals surface area contributed by atoms with E-state index in [0.29, 0.717) is 21.2 Å². The third kappa shape index (κ3) is 5.37. The number of aryl methyl sites for hydroxylation is 1. The summed E-state index contributed by atoms with van der Waals surface area (Å²) in [4.78, 5) is 38.3. The lowest BCUT2D eigenvalue weighted by atomic mass is 10.1. The molecule has 0 aliphatic heterocycles. The maximum atomic E-state index is 13.4. The van der Waals surface area contributed by atoms with E-state index in [1.165, 1.54) is 12.1 Å². The second-order valence-electron chi connectivity index (χ2n) is 7.80. The molecular formula is C27H21Cl2NO6. The fraction of sp³-hybridized carbons (Fsp3) is 0.148. The summed E-state index contributed by atoms with van der Waals surface area (Å²) in [5.41, 5.74) is 1.58. The van der Waals surface area contributed by atoms with Gasteiger partial charge in [-0.1, -0.05) is 35.3 Å². The van der Waals surface area contributed by atoms with E-state index >= 15 is 0 Å². The topological polar surface area (TPSA) is 94.8 Å². The first-order valence-corrected chi connectivity index (χ1v) is 11.8. The molecule has 0 atom stereocenters. The van der Waals surface area contributed by atoms with Gasteiger partial charge in [0.2, 0.25) is 11.2 Å². The molecule has 0 aliphatic carbocycles. The van der Waals surface area contributed by atoms with Gasteiger partial charge in [-0.3, -0.25) is 9.59 Å². The predicted octanol–water partition coefficient (Wildman–Crippen LogP) is 6.27. The standard InChI is InChI=1S/C27H21Cl2NO6/c1-3-34-27(33)18-6-4-5-7-21(18)30-23(31)14-35-26-24(32)19-13-20(29)15(2)12-22(19)36-25(26)16-8-10-17(28)11-9-16/h4-13H,3,14H2,1-2H3,(H,30,31). The molecule has 0 bridgehead atoms. The van der Waals surface area contributed by atoms with E-state index < -0.39 is 23.9 Å². The maximum absolute atomic E-state index is 13.4. The molecule has 3 aromatic carbocycles. The number of hydrogen-bond acceptors (Lipinski definition) is 6. The molecule has 184 valence electrons. The highest BCUT2D eigenvalue weighted by Crippen LogP contribution is 2.33. The van der Waals surface area contributed by atoms with Crippen LogP contribution in [0.1, 0.15) is 22.8 Å². The zero-order valence-electron chi connectivity index (χ0n) is 19.4. The van der Waals surface area contributed by atoms with Gasteiger partial charge in [0.05, 0.1) is 23.2 Å². The molecule has 0 unspecified atom stereocenters. The fourth-order valence-electron chi connectivity index (χ4n) is 3.52. The molecule has 1 heterocycles. The Bertz CT molecular complexity index is 1510. The zero-order valence-corrected chi connectivity index (χ0v) is 20.9. The largest absolute Gasteiger partial charge is 0.476 e. The molecule has 1 aromatic heterocycles. The number of rotatable bonds is 7. The van der Waals surface area contributed by atoms with Gasteiger partial charge in [0.15, 0.2) is 12.4 Å². The minimum absolute atomic E-state index is 0.144. The average Bonchev–Trinajstić information content (AvgIpc) is 2.85. The van der Waals surface area contributed by atoms with Crippen molar-refractivity contribution in [3.05, 3.63) is 92.1 Å². The van der Waals surface area contributed by atoms with Crippen molar-refractivity contribution in [2.75, 3.05) is 18.5 Å². The van der Waals surface area contributed by atoms with Crippen LogP contribution in [0.2, 0.25) is 10.0 Å². The molecule has 0 saturated heterocycles. The second-order valence-corrected chi connectivity index (χ2v) is 8.64. The predicted molar refractivity (Wildman–Crippen MR) is 139 cm³/mol. The summed E-state index contributed by atoms with van der Waals surface area (Å²) >= 11 is 12.2. The number of ether oxygens (including phenoxy) is 2. The average molecular weight is 526 g/mol. The molecule has 4 rings (SSSR count). The van der Waals surface area contributed by atoms with Gasteiger partial charge in [-0.05, 0) is 67.9 Å². The van der Waals surface area contributed by atoms with E-state index in [1.807, 2.05) is 0 Å². The van der Waals surface area contributed by atoms with Crippen LogP contribution in [0.5, 0.6) is 5.75 Å². The van der Waals surface area contributed by atoms with Crippen LogP contribution in [-0.4, -0.2) is 25.1 Å². The lowest BCUT2D eigenvalue weighted by Gasteiger charge is -2.13. The number of anilines is 1. The third-order valence-corrected chi connectivity index (χ3v) is 5.94. The Morgan fingerprint density at radius 3 is 2.47 bits per heavy atom. The SMILES string of the molecule is CCOC(=O)c1ccccc1NC(=O)COc1c(-c2ccc(Cl)cc2)oc2cc(C)c(Cl)cc2c1=O. The number of halogens is 2. The van der Waals surface area contributed by atoms with Crippen LogP contribution in [0.3, 0.4) is 0 Å². The Labute approximate surface area is 216 Å². The van der Waals surface area contributed by atoms with Crippen LogP contribution in [0.15, 0.2) is 69.9 Å². The molecule has 0 aliphatic rings. The quantitative estimate of drug-likeness (QED) is 0.285. The van der Waals surface area contributed by atoms with E-state index in [2.05, 4.69) is 5.32 Å². The first kappa shape index (κ1) is 25.3. The van der Waals surface area contributed by atoms with Crippen molar-refractivity contribution in [2.45, 2.75) is 13.8 Å². The van der Waals surface area contributed by atoms with Gasteiger partial charge in [-0.25, -0.2) is 4.79 Å². The molecular weight excluding hydrogens is 505 g/mol. The zero-order chi connectivity index (χ0) is 25.8. The van der Waals surface area contributed by atoms with Gasteiger partial charge in [-0.2, -0.15) is 0 Å². The highest BCUT2D eigenvalue weighted by Gasteiger charge is 2.21. The lowest BCUT2D eigenvalue weighted by molar-refractivity contribution is -0.118. The Hall–Kier alpha value is -3.81. The van der Waals surface area contributed by atoms with Crippen LogP contribution in [-0.2, 0) is 9.53 Å². The van der Waals surface area contributed by atoms with E-state index in [1.54, 1.807) is 62.4 Å². The molecule has 4 aromatic rings. The van der Waals surface area contributed by atoms with E-state index in [0.717, 1.165) is 5.56 Å². The van der Waals surface area contributed by atoms with Crippen molar-refractivity contribution in [1.29, 1.82) is 0 Å². The van der Waals surface area contributed by atoms with Crippen LogP contribution < -0.4 is 15.5 Å². The molecule has 7 nitrogen and oxygen atoms in total. The first-order valence-electron chi connectivity index (χ1n) is 11.0. The van der Waals surface area contributed by atoms with Crippen molar-refractivity contribution >= 4 is 51.7 Å². The number of carbonyl (C=O) groups excluding carboxylic acids is 2. The fourth-order valence-corrected chi connectivity index (χ4v) is 3.81. The van der Waals surface area contributed by atoms with Crippen LogP contribution in [0, 0.1) is 6.92 Å². The van der Waals surface area contributed by atoms with E-state index in [9.17, 15) is 14.4 Å². The second kappa shape index (κ2) is 10.8. The Balaban J connectivity index is 1.67. The summed E-state index contributed by atoms with van der Waals surface area (Å²) in [6.45, 7) is 3.16. The Morgan fingerprint density at radius 2 is 1.75 bits per heavy atom. The number of carbonyl (C=O) groups is 2. The number of fused-ring (bicyclic) bond motifs is 1. The number of esters is 1. The van der Waals surface area contributed by atoms with Crippen molar-refractivity contribution < 1.29 is 23.5 Å². The van der Waals surface area contributed by atoms with Crippen molar-refractivity contribution in [1.82, 2.24) is 0 Å². The van der Waals surface area contributed by atoms with Gasteiger partial charge in [0.25, 0.3) is 5.91 Å². The smallest absolute Gasteiger partial charge is 0.340 e. The van der Waals surface area contributed by atoms with E-state index in [4.69, 9.17) is 37.1 Å². The van der Waals surface area contributed by atoms with Gasteiger partial charge < -0.3 is 19.2 Å². The summed E-state index contributed by atoms with van der Waals surface area (Å²) in [7, 11) is 0. The van der Waals surface area contributed by atoms with Crippen LogP contribution in [0.4, 0.5) is 5.69 Å². The number of hydrogen-bond donors (Lipinski definition) is 1. The summed E-state index contributed by atoms with van der Waals surface area (Å²) in [6, 6.07) is 16.3. The molecule has 1 N–H and O–H groups in total. The van der Waals surface area contributed by atoms with Crippen molar-refractivity contribution in [3.8, 4) is 17.1 Å². The lowest BCUT2D eigenvalue weighted by Crippen LogP contribution is -2.24. The molecule has 36 heavy (non-hydrogen) atoms. The summed E-state index contributed by atoms with van der Waals surface area (Å²) in [5, 5.41) is 3.74. The maximum Gasteiger partial charge on any atom is 0.340 e. The minimum Gasteiger partial charge on any atom is -0.476 e. The summed E-state index contributed by atoms with van der Waals surface area (Å²) in [5.74, 6) is -1.17. The highest BCUT2D eigenvalue weighted by molar-refractivity contribution is 6.32.